The molecule has 1 saturated heterocycles. The summed E-state index contributed by atoms with van der Waals surface area (Å²) in [6.45, 7) is 6.80. The molecule has 34 heavy (non-hydrogen) atoms. The lowest BCUT2D eigenvalue weighted by atomic mass is 9.96. The predicted octanol–water partition coefficient (Wildman–Crippen LogP) is 3.41. The normalized spacial score (nSPS) is 19.2. The molecule has 3 aromatic rings. The Morgan fingerprint density at radius 2 is 2.03 bits per heavy atom. The van der Waals surface area contributed by atoms with Gasteiger partial charge in [0, 0.05) is 31.4 Å². The number of pyridine rings is 2. The summed E-state index contributed by atoms with van der Waals surface area (Å²) in [4.78, 5) is 25.0. The summed E-state index contributed by atoms with van der Waals surface area (Å²) in [5.41, 5.74) is 0.411. The number of aromatic nitrogens is 4. The Kier molecular flexibility index (Phi) is 6.28. The molecule has 1 fully saturated rings. The Labute approximate surface area is 196 Å². The lowest BCUT2D eigenvalue weighted by Gasteiger charge is -2.48. The quantitative estimate of drug-likeness (QED) is 0.537. The van der Waals surface area contributed by atoms with Gasteiger partial charge in [-0.25, -0.2) is 14.5 Å². The van der Waals surface area contributed by atoms with Gasteiger partial charge in [-0.2, -0.15) is 19.1 Å². The second-order valence-corrected chi connectivity index (χ2v) is 8.73. The zero-order chi connectivity index (χ0) is 24.5. The van der Waals surface area contributed by atoms with Crippen molar-refractivity contribution in [3.05, 3.63) is 66.3 Å². The molecule has 8 nitrogen and oxygen atoms in total. The van der Waals surface area contributed by atoms with Crippen LogP contribution in [0.25, 0.3) is 5.65 Å². The van der Waals surface area contributed by atoms with Crippen LogP contribution in [0.1, 0.15) is 32.0 Å². The number of alkyl halides is 2. The SMILES string of the molecule is CC(C)C1CN(C(=O)/C=C/C(F)(F)c2cccc3ncnn23)CC(C)N1c1ccc(C#N)cn1. The van der Waals surface area contributed by atoms with Gasteiger partial charge >= 0.3 is 5.92 Å². The summed E-state index contributed by atoms with van der Waals surface area (Å²) in [6.07, 6.45) is 4.29. The highest BCUT2D eigenvalue weighted by molar-refractivity contribution is 5.88. The number of nitrogens with zero attached hydrogens (tertiary/aromatic N) is 7. The summed E-state index contributed by atoms with van der Waals surface area (Å²) >= 11 is 0. The highest BCUT2D eigenvalue weighted by atomic mass is 19.3. The minimum absolute atomic E-state index is 0.0639. The van der Waals surface area contributed by atoms with Crippen molar-refractivity contribution < 1.29 is 13.6 Å². The monoisotopic (exact) mass is 465 g/mol. The first kappa shape index (κ1) is 23.3. The van der Waals surface area contributed by atoms with Gasteiger partial charge in [0.15, 0.2) is 5.65 Å². The number of piperazine rings is 1. The van der Waals surface area contributed by atoms with Crippen LogP contribution in [0.15, 0.2) is 55.0 Å². The van der Waals surface area contributed by atoms with E-state index >= 15 is 0 Å². The van der Waals surface area contributed by atoms with Gasteiger partial charge in [-0.15, -0.1) is 0 Å². The molecule has 1 amide bonds. The van der Waals surface area contributed by atoms with Gasteiger partial charge in [-0.3, -0.25) is 4.79 Å². The number of amides is 1. The maximum atomic E-state index is 14.9. The summed E-state index contributed by atoms with van der Waals surface area (Å²) in [6, 6.07) is 9.73. The van der Waals surface area contributed by atoms with Crippen LogP contribution < -0.4 is 4.90 Å². The second kappa shape index (κ2) is 9.17. The number of fused-ring (bicyclic) bond motifs is 1. The highest BCUT2D eigenvalue weighted by Crippen LogP contribution is 2.30. The smallest absolute Gasteiger partial charge is 0.308 e. The van der Waals surface area contributed by atoms with Crippen LogP contribution in [0.3, 0.4) is 0 Å². The van der Waals surface area contributed by atoms with E-state index in [9.17, 15) is 13.6 Å². The summed E-state index contributed by atoms with van der Waals surface area (Å²) in [5, 5.41) is 12.9. The molecule has 4 heterocycles. The molecule has 0 bridgehead atoms. The molecule has 10 heteroatoms. The van der Waals surface area contributed by atoms with Crippen LogP contribution in [-0.2, 0) is 10.7 Å². The Balaban J connectivity index is 1.53. The van der Waals surface area contributed by atoms with Crippen molar-refractivity contribution in [1.82, 2.24) is 24.5 Å². The average molecular weight is 466 g/mol. The molecule has 1 aliphatic heterocycles. The fourth-order valence-corrected chi connectivity index (χ4v) is 4.30. The number of anilines is 1. The van der Waals surface area contributed by atoms with Gasteiger partial charge in [0.05, 0.1) is 11.6 Å². The Bertz CT molecular complexity index is 1250. The van der Waals surface area contributed by atoms with E-state index in [-0.39, 0.29) is 23.7 Å². The van der Waals surface area contributed by atoms with Crippen LogP contribution in [0.2, 0.25) is 0 Å². The molecule has 0 aromatic carbocycles. The third kappa shape index (κ3) is 4.46. The number of rotatable bonds is 5. The van der Waals surface area contributed by atoms with Crippen molar-refractivity contribution in [3.63, 3.8) is 0 Å². The van der Waals surface area contributed by atoms with E-state index in [4.69, 9.17) is 5.26 Å². The summed E-state index contributed by atoms with van der Waals surface area (Å²) < 4.78 is 30.9. The number of hydrogen-bond acceptors (Lipinski definition) is 6. The van der Waals surface area contributed by atoms with E-state index in [0.717, 1.165) is 16.4 Å². The number of carbonyl (C=O) groups excluding carboxylic acids is 1. The van der Waals surface area contributed by atoms with Gasteiger partial charge in [-0.05, 0) is 43.2 Å². The Morgan fingerprint density at radius 3 is 2.71 bits per heavy atom. The molecule has 4 rings (SSSR count). The van der Waals surface area contributed by atoms with E-state index < -0.39 is 11.8 Å². The fourth-order valence-electron chi connectivity index (χ4n) is 4.30. The van der Waals surface area contributed by atoms with Crippen LogP contribution in [0.5, 0.6) is 0 Å². The molecule has 2 atom stereocenters. The van der Waals surface area contributed by atoms with Gasteiger partial charge < -0.3 is 9.80 Å². The van der Waals surface area contributed by atoms with Crippen LogP contribution in [0.4, 0.5) is 14.6 Å². The van der Waals surface area contributed by atoms with Crippen molar-refractivity contribution in [2.24, 2.45) is 5.92 Å². The summed E-state index contributed by atoms with van der Waals surface area (Å²) in [7, 11) is 0. The average Bonchev–Trinajstić information content (AvgIpc) is 3.31. The fraction of sp³-hybridized carbons (Fsp3) is 0.375. The van der Waals surface area contributed by atoms with Crippen molar-refractivity contribution in [2.75, 3.05) is 18.0 Å². The van der Waals surface area contributed by atoms with Crippen LogP contribution >= 0.6 is 0 Å². The molecule has 0 spiro atoms. The molecule has 0 N–H and O–H groups in total. The molecular weight excluding hydrogens is 440 g/mol. The zero-order valence-corrected chi connectivity index (χ0v) is 19.1. The molecule has 2 unspecified atom stereocenters. The van der Waals surface area contributed by atoms with E-state index in [1.165, 1.54) is 24.7 Å². The van der Waals surface area contributed by atoms with E-state index in [2.05, 4.69) is 26.0 Å². The van der Waals surface area contributed by atoms with E-state index in [0.29, 0.717) is 30.4 Å². The topological polar surface area (TPSA) is 90.4 Å². The van der Waals surface area contributed by atoms with Crippen LogP contribution in [0, 0.1) is 17.2 Å². The van der Waals surface area contributed by atoms with Gasteiger partial charge in [0.1, 0.15) is 23.9 Å². The predicted molar refractivity (Wildman–Crippen MR) is 122 cm³/mol. The summed E-state index contributed by atoms with van der Waals surface area (Å²) in [5.74, 6) is -2.98. The number of hydrogen-bond donors (Lipinski definition) is 0. The van der Waals surface area contributed by atoms with E-state index in [1.54, 1.807) is 23.1 Å². The molecule has 3 aromatic heterocycles. The maximum Gasteiger partial charge on any atom is 0.308 e. The first-order chi connectivity index (χ1) is 16.2. The lowest BCUT2D eigenvalue weighted by molar-refractivity contribution is -0.127. The molecule has 0 radical (unpaired) electrons. The number of carbonyl (C=O) groups is 1. The Morgan fingerprint density at radius 1 is 1.24 bits per heavy atom. The van der Waals surface area contributed by atoms with Gasteiger partial charge in [0.25, 0.3) is 0 Å². The maximum absolute atomic E-state index is 14.9. The first-order valence-corrected chi connectivity index (χ1v) is 11.0. The third-order valence-corrected chi connectivity index (χ3v) is 6.03. The van der Waals surface area contributed by atoms with Gasteiger partial charge in [-0.1, -0.05) is 19.9 Å². The minimum Gasteiger partial charge on any atom is -0.347 e. The standard InChI is InChI=1S/C24H25F2N7O/c1-16(2)19-14-31(13-17(3)32(19)21-8-7-18(11-27)12-28-21)23(34)9-10-24(25,26)20-5-4-6-22-29-15-30-33(20)22/h4-10,12,15-17,19H,13-14H2,1-3H3/b10-9+. The molecule has 176 valence electrons. The molecular formula is C24H25F2N7O. The van der Waals surface area contributed by atoms with Crippen LogP contribution in [-0.4, -0.2) is 55.6 Å². The largest absolute Gasteiger partial charge is 0.347 e. The van der Waals surface area contributed by atoms with E-state index in [1.807, 2.05) is 20.8 Å². The molecule has 0 saturated carbocycles. The van der Waals surface area contributed by atoms with Crippen molar-refractivity contribution in [1.29, 1.82) is 5.26 Å². The molecule has 0 aliphatic carbocycles. The first-order valence-electron chi connectivity index (χ1n) is 11.0. The minimum atomic E-state index is -3.40. The second-order valence-electron chi connectivity index (χ2n) is 8.73. The number of allylic oxidation sites excluding steroid dienone is 1. The van der Waals surface area contributed by atoms with Gasteiger partial charge in [0.2, 0.25) is 5.91 Å². The van der Waals surface area contributed by atoms with Crippen molar-refractivity contribution in [3.8, 4) is 6.07 Å². The Hall–Kier alpha value is -3.87. The highest BCUT2D eigenvalue weighted by Gasteiger charge is 2.37. The lowest BCUT2D eigenvalue weighted by Crippen LogP contribution is -2.61. The third-order valence-electron chi connectivity index (χ3n) is 6.03. The molecule has 1 aliphatic rings. The zero-order valence-electron chi connectivity index (χ0n) is 19.1. The number of halogens is 2. The number of nitriles is 1. The van der Waals surface area contributed by atoms with Crippen molar-refractivity contribution in [2.45, 2.75) is 38.8 Å². The van der Waals surface area contributed by atoms with Crippen molar-refractivity contribution >= 4 is 17.4 Å².